The van der Waals surface area contributed by atoms with E-state index in [-0.39, 0.29) is 11.9 Å². The van der Waals surface area contributed by atoms with Crippen LogP contribution in [0.1, 0.15) is 28.9 Å². The van der Waals surface area contributed by atoms with Crippen molar-refractivity contribution in [1.29, 1.82) is 0 Å². The van der Waals surface area contributed by atoms with Crippen LogP contribution in [0.2, 0.25) is 0 Å². The smallest absolute Gasteiger partial charge is 0.251 e. The topological polar surface area (TPSA) is 77.2 Å². The number of carbonyl (C=O) groups excluding carboxylic acids is 1. The van der Waals surface area contributed by atoms with Gasteiger partial charge in [0.15, 0.2) is 0 Å². The number of nitrogens with zero attached hydrogens (tertiary/aromatic N) is 1. The van der Waals surface area contributed by atoms with Crippen LogP contribution in [-0.4, -0.2) is 30.1 Å². The molecule has 1 atom stereocenters. The summed E-state index contributed by atoms with van der Waals surface area (Å²) in [6, 6.07) is 3.53. The van der Waals surface area contributed by atoms with Gasteiger partial charge in [0.25, 0.3) is 5.91 Å². The summed E-state index contributed by atoms with van der Waals surface area (Å²) in [6.45, 7) is 1.73. The standard InChI is InChI=1S/C12H17N3O2/c13-7-11-6-9(3-4-14-11)12(16)15-10-2-1-5-17-8-10/h3-4,6,10H,1-2,5,7-8,13H2,(H,15,16). The molecule has 1 aromatic heterocycles. The summed E-state index contributed by atoms with van der Waals surface area (Å²) in [7, 11) is 0. The Morgan fingerprint density at radius 2 is 2.53 bits per heavy atom. The molecule has 17 heavy (non-hydrogen) atoms. The van der Waals surface area contributed by atoms with E-state index < -0.39 is 0 Å². The number of hydrogen-bond donors (Lipinski definition) is 2. The first-order chi connectivity index (χ1) is 8.29. The molecule has 0 aliphatic carbocycles. The third kappa shape index (κ3) is 3.25. The molecule has 3 N–H and O–H groups in total. The number of nitrogens with two attached hydrogens (primary N) is 1. The van der Waals surface area contributed by atoms with Crippen LogP contribution in [0.15, 0.2) is 18.3 Å². The fourth-order valence-corrected chi connectivity index (χ4v) is 1.85. The maximum absolute atomic E-state index is 11.9. The van der Waals surface area contributed by atoms with Gasteiger partial charge in [-0.05, 0) is 25.0 Å². The van der Waals surface area contributed by atoms with Gasteiger partial charge in [0.05, 0.1) is 18.3 Å². The lowest BCUT2D eigenvalue weighted by Crippen LogP contribution is -2.40. The SMILES string of the molecule is NCc1cc(C(=O)NC2CCCOC2)ccn1. The summed E-state index contributed by atoms with van der Waals surface area (Å²) < 4.78 is 5.32. The zero-order chi connectivity index (χ0) is 12.1. The molecule has 5 heteroatoms. The van der Waals surface area contributed by atoms with Crippen molar-refractivity contribution in [3.8, 4) is 0 Å². The Hall–Kier alpha value is -1.46. The van der Waals surface area contributed by atoms with Crippen molar-refractivity contribution < 1.29 is 9.53 Å². The van der Waals surface area contributed by atoms with Gasteiger partial charge in [-0.1, -0.05) is 0 Å². The molecule has 0 saturated carbocycles. The first kappa shape index (κ1) is 12.0. The molecule has 1 unspecified atom stereocenters. The number of carbonyl (C=O) groups is 1. The van der Waals surface area contributed by atoms with Crippen LogP contribution in [0.3, 0.4) is 0 Å². The summed E-state index contributed by atoms with van der Waals surface area (Å²) >= 11 is 0. The Labute approximate surface area is 100 Å². The first-order valence-electron chi connectivity index (χ1n) is 5.83. The highest BCUT2D eigenvalue weighted by Gasteiger charge is 2.17. The Morgan fingerprint density at radius 1 is 1.65 bits per heavy atom. The van der Waals surface area contributed by atoms with Gasteiger partial charge in [0, 0.05) is 24.9 Å². The van der Waals surface area contributed by atoms with E-state index in [1.54, 1.807) is 18.3 Å². The second-order valence-electron chi connectivity index (χ2n) is 4.13. The van der Waals surface area contributed by atoms with E-state index in [0.717, 1.165) is 25.1 Å². The number of ether oxygens (including phenoxy) is 1. The van der Waals surface area contributed by atoms with Gasteiger partial charge in [-0.25, -0.2) is 0 Å². The number of pyridine rings is 1. The van der Waals surface area contributed by atoms with Gasteiger partial charge in [-0.15, -0.1) is 0 Å². The summed E-state index contributed by atoms with van der Waals surface area (Å²) in [4.78, 5) is 16.0. The van der Waals surface area contributed by atoms with Crippen LogP contribution in [0.5, 0.6) is 0 Å². The van der Waals surface area contributed by atoms with Crippen molar-refractivity contribution in [3.63, 3.8) is 0 Å². The number of aromatic nitrogens is 1. The third-order valence-electron chi connectivity index (χ3n) is 2.78. The fraction of sp³-hybridized carbons (Fsp3) is 0.500. The fourth-order valence-electron chi connectivity index (χ4n) is 1.85. The number of nitrogens with one attached hydrogen (secondary N) is 1. The summed E-state index contributed by atoms with van der Waals surface area (Å²) in [5, 5.41) is 2.95. The van der Waals surface area contributed by atoms with Gasteiger partial charge in [-0.3, -0.25) is 9.78 Å². The molecule has 92 valence electrons. The van der Waals surface area contributed by atoms with E-state index in [2.05, 4.69) is 10.3 Å². The van der Waals surface area contributed by atoms with E-state index >= 15 is 0 Å². The summed E-state index contributed by atoms with van der Waals surface area (Å²) in [5.41, 5.74) is 6.81. The molecule has 1 fully saturated rings. The van der Waals surface area contributed by atoms with E-state index in [1.165, 1.54) is 0 Å². The molecule has 0 spiro atoms. The quantitative estimate of drug-likeness (QED) is 0.797. The molecular formula is C12H17N3O2. The van der Waals surface area contributed by atoms with Gasteiger partial charge >= 0.3 is 0 Å². The Balaban J connectivity index is 1.98. The van der Waals surface area contributed by atoms with Crippen LogP contribution in [0, 0.1) is 0 Å². The highest BCUT2D eigenvalue weighted by molar-refractivity contribution is 5.94. The van der Waals surface area contributed by atoms with Gasteiger partial charge < -0.3 is 15.8 Å². The van der Waals surface area contributed by atoms with Crippen LogP contribution in [-0.2, 0) is 11.3 Å². The number of amides is 1. The van der Waals surface area contributed by atoms with E-state index in [0.29, 0.717) is 18.7 Å². The molecule has 1 amide bonds. The largest absolute Gasteiger partial charge is 0.379 e. The summed E-state index contributed by atoms with van der Waals surface area (Å²) in [6.07, 6.45) is 3.57. The predicted molar refractivity (Wildman–Crippen MR) is 63.4 cm³/mol. The van der Waals surface area contributed by atoms with Crippen molar-refractivity contribution in [2.75, 3.05) is 13.2 Å². The number of hydrogen-bond acceptors (Lipinski definition) is 4. The molecule has 0 radical (unpaired) electrons. The molecule has 1 saturated heterocycles. The molecule has 2 rings (SSSR count). The first-order valence-corrected chi connectivity index (χ1v) is 5.83. The van der Waals surface area contributed by atoms with Crippen molar-refractivity contribution in [2.45, 2.75) is 25.4 Å². The molecule has 5 nitrogen and oxygen atoms in total. The molecule has 0 bridgehead atoms. The van der Waals surface area contributed by atoms with Crippen molar-refractivity contribution >= 4 is 5.91 Å². The van der Waals surface area contributed by atoms with Gasteiger partial charge in [0.2, 0.25) is 0 Å². The second-order valence-corrected chi connectivity index (χ2v) is 4.13. The minimum Gasteiger partial charge on any atom is -0.379 e. The molecule has 0 aromatic carbocycles. The zero-order valence-corrected chi connectivity index (χ0v) is 9.69. The monoisotopic (exact) mass is 235 g/mol. The van der Waals surface area contributed by atoms with Gasteiger partial charge in [-0.2, -0.15) is 0 Å². The zero-order valence-electron chi connectivity index (χ0n) is 9.69. The van der Waals surface area contributed by atoms with E-state index in [4.69, 9.17) is 10.5 Å². The van der Waals surface area contributed by atoms with Crippen LogP contribution in [0.4, 0.5) is 0 Å². The molecule has 1 aliphatic heterocycles. The lowest BCUT2D eigenvalue weighted by Gasteiger charge is -2.23. The van der Waals surface area contributed by atoms with Crippen LogP contribution < -0.4 is 11.1 Å². The maximum atomic E-state index is 11.9. The minimum absolute atomic E-state index is 0.0856. The lowest BCUT2D eigenvalue weighted by atomic mass is 10.1. The van der Waals surface area contributed by atoms with E-state index in [9.17, 15) is 4.79 Å². The van der Waals surface area contributed by atoms with Crippen molar-refractivity contribution in [2.24, 2.45) is 5.73 Å². The Kier molecular flexibility index (Phi) is 4.06. The van der Waals surface area contributed by atoms with Crippen molar-refractivity contribution in [1.82, 2.24) is 10.3 Å². The van der Waals surface area contributed by atoms with Crippen LogP contribution in [0.25, 0.3) is 0 Å². The number of rotatable bonds is 3. The third-order valence-corrected chi connectivity index (χ3v) is 2.78. The highest BCUT2D eigenvalue weighted by atomic mass is 16.5. The molecule has 2 heterocycles. The normalized spacial score (nSPS) is 19.9. The maximum Gasteiger partial charge on any atom is 0.251 e. The average Bonchev–Trinajstić information content (AvgIpc) is 2.40. The lowest BCUT2D eigenvalue weighted by molar-refractivity contribution is 0.0624. The average molecular weight is 235 g/mol. The Morgan fingerprint density at radius 3 is 3.24 bits per heavy atom. The predicted octanol–water partition coefficient (Wildman–Crippen LogP) is 0.449. The van der Waals surface area contributed by atoms with Crippen molar-refractivity contribution in [3.05, 3.63) is 29.6 Å². The second kappa shape index (κ2) is 5.75. The minimum atomic E-state index is -0.0856. The summed E-state index contributed by atoms with van der Waals surface area (Å²) in [5.74, 6) is -0.0856. The molecular weight excluding hydrogens is 218 g/mol. The van der Waals surface area contributed by atoms with Gasteiger partial charge in [0.1, 0.15) is 0 Å². The molecule has 1 aromatic rings. The van der Waals surface area contributed by atoms with Crippen LogP contribution >= 0.6 is 0 Å². The molecule has 1 aliphatic rings. The highest BCUT2D eigenvalue weighted by Crippen LogP contribution is 2.08. The Bertz CT molecular complexity index is 389. The van der Waals surface area contributed by atoms with E-state index in [1.807, 2.05) is 0 Å².